The molecule has 0 aliphatic heterocycles. The van der Waals surface area contributed by atoms with E-state index in [-0.39, 0.29) is 11.1 Å². The number of carbonyl (C=O) groups is 1. The first-order chi connectivity index (χ1) is 7.61. The molecule has 4 heteroatoms. The summed E-state index contributed by atoms with van der Waals surface area (Å²) in [4.78, 5) is 11.0. The van der Waals surface area contributed by atoms with Crippen LogP contribution < -0.4 is 0 Å². The van der Waals surface area contributed by atoms with Crippen LogP contribution in [0.4, 0.5) is 8.78 Å². The highest BCUT2D eigenvalue weighted by atomic mass is 35.5. The van der Waals surface area contributed by atoms with Gasteiger partial charge in [-0.05, 0) is 28.4 Å². The molecule has 0 spiro atoms. The van der Waals surface area contributed by atoms with Crippen LogP contribution in [-0.2, 0) is 0 Å². The molecule has 0 saturated heterocycles. The highest BCUT2D eigenvalue weighted by molar-refractivity contribution is 6.68. The van der Waals surface area contributed by atoms with E-state index in [1.165, 1.54) is 6.07 Å². The van der Waals surface area contributed by atoms with Gasteiger partial charge in [-0.2, -0.15) is 0 Å². The van der Waals surface area contributed by atoms with Crippen LogP contribution in [0.25, 0.3) is 10.8 Å². The molecule has 16 heavy (non-hydrogen) atoms. The number of fused-ring (bicyclic) bond motifs is 1. The van der Waals surface area contributed by atoms with Crippen LogP contribution in [0.3, 0.4) is 0 Å². The summed E-state index contributed by atoms with van der Waals surface area (Å²) in [6.45, 7) is 0. The summed E-state index contributed by atoms with van der Waals surface area (Å²) < 4.78 is 25.8. The Hall–Kier alpha value is -1.48. The number of hydrogen-bond donors (Lipinski definition) is 0. The summed E-state index contributed by atoms with van der Waals surface area (Å²) >= 11 is 5.28. The average molecular weight is 241 g/mol. The zero-order valence-electron chi connectivity index (χ0n) is 8.08. The summed E-state index contributed by atoms with van der Waals surface area (Å²) in [5.74, 6) is 0. The van der Waals surface area contributed by atoms with E-state index in [1.54, 1.807) is 30.3 Å². The largest absolute Gasteiger partial charge is 0.276 e. The monoisotopic (exact) mass is 240 g/mol. The third-order valence-electron chi connectivity index (χ3n) is 2.40. The summed E-state index contributed by atoms with van der Waals surface area (Å²) in [5.41, 5.74) is -0.423. The summed E-state index contributed by atoms with van der Waals surface area (Å²) in [6, 6.07) is 9.61. The molecule has 0 aliphatic carbocycles. The van der Waals surface area contributed by atoms with Crippen LogP contribution >= 0.6 is 11.6 Å². The summed E-state index contributed by atoms with van der Waals surface area (Å²) in [6.07, 6.45) is -2.72. The average Bonchev–Trinajstić information content (AvgIpc) is 2.27. The van der Waals surface area contributed by atoms with Crippen molar-refractivity contribution in [2.75, 3.05) is 0 Å². The van der Waals surface area contributed by atoms with E-state index in [1.807, 2.05) is 0 Å². The summed E-state index contributed by atoms with van der Waals surface area (Å²) in [7, 11) is 0. The smallest absolute Gasteiger partial charge is 0.265 e. The maximum atomic E-state index is 12.9. The van der Waals surface area contributed by atoms with E-state index in [4.69, 9.17) is 11.6 Å². The zero-order valence-corrected chi connectivity index (χ0v) is 8.84. The van der Waals surface area contributed by atoms with Crippen LogP contribution in [0.2, 0.25) is 0 Å². The van der Waals surface area contributed by atoms with Gasteiger partial charge in [-0.15, -0.1) is 0 Å². The molecule has 0 aliphatic rings. The third kappa shape index (κ3) is 1.78. The number of hydrogen-bond acceptors (Lipinski definition) is 1. The number of carbonyl (C=O) groups excluding carboxylic acids is 1. The van der Waals surface area contributed by atoms with E-state index in [0.29, 0.717) is 10.8 Å². The van der Waals surface area contributed by atoms with Crippen molar-refractivity contribution >= 4 is 27.6 Å². The Bertz CT molecular complexity index is 552. The minimum Gasteiger partial charge on any atom is -0.276 e. The van der Waals surface area contributed by atoms with Crippen molar-refractivity contribution in [3.8, 4) is 0 Å². The van der Waals surface area contributed by atoms with Crippen molar-refractivity contribution in [2.24, 2.45) is 0 Å². The lowest BCUT2D eigenvalue weighted by atomic mass is 10.00. The molecule has 0 unspecified atom stereocenters. The fraction of sp³-hybridized carbons (Fsp3) is 0.0833. The van der Waals surface area contributed by atoms with Crippen LogP contribution in [0.1, 0.15) is 22.3 Å². The second-order valence-corrected chi connectivity index (χ2v) is 3.67. The Kier molecular flexibility index (Phi) is 2.88. The van der Waals surface area contributed by atoms with Crippen LogP contribution in [0, 0.1) is 0 Å². The van der Waals surface area contributed by atoms with Gasteiger partial charge in [0.05, 0.1) is 0 Å². The van der Waals surface area contributed by atoms with Crippen molar-refractivity contribution in [3.63, 3.8) is 0 Å². The van der Waals surface area contributed by atoms with E-state index < -0.39 is 11.7 Å². The lowest BCUT2D eigenvalue weighted by Gasteiger charge is -2.09. The number of rotatable bonds is 2. The van der Waals surface area contributed by atoms with Gasteiger partial charge in [-0.3, -0.25) is 4.79 Å². The van der Waals surface area contributed by atoms with E-state index >= 15 is 0 Å². The molecule has 2 aromatic carbocycles. The van der Waals surface area contributed by atoms with Crippen molar-refractivity contribution in [3.05, 3.63) is 47.5 Å². The molecule has 0 heterocycles. The molecule has 0 atom stereocenters. The van der Waals surface area contributed by atoms with Crippen LogP contribution in [0.15, 0.2) is 36.4 Å². The maximum absolute atomic E-state index is 12.9. The molecular formula is C12H7ClF2O. The first kappa shape index (κ1) is 11.0. The first-order valence-corrected chi connectivity index (χ1v) is 4.98. The van der Waals surface area contributed by atoms with Gasteiger partial charge in [0, 0.05) is 11.1 Å². The molecule has 0 amide bonds. The van der Waals surface area contributed by atoms with Crippen molar-refractivity contribution in [1.82, 2.24) is 0 Å². The van der Waals surface area contributed by atoms with E-state index in [9.17, 15) is 13.6 Å². The standard InChI is InChI=1S/C12H7ClF2O/c13-11(16)9-6-5-7-3-1-2-4-8(7)10(9)12(14)15/h1-6,12H. The molecule has 82 valence electrons. The third-order valence-corrected chi connectivity index (χ3v) is 2.60. The molecule has 0 saturated carbocycles. The predicted octanol–water partition coefficient (Wildman–Crippen LogP) is 4.16. The van der Waals surface area contributed by atoms with Gasteiger partial charge >= 0.3 is 0 Å². The van der Waals surface area contributed by atoms with Gasteiger partial charge in [0.1, 0.15) is 0 Å². The maximum Gasteiger partial charge on any atom is 0.265 e. The minimum absolute atomic E-state index is 0.129. The Labute approximate surface area is 95.6 Å². The zero-order chi connectivity index (χ0) is 11.7. The minimum atomic E-state index is -2.72. The predicted molar refractivity (Wildman–Crippen MR) is 59.1 cm³/mol. The van der Waals surface area contributed by atoms with Gasteiger partial charge in [0.15, 0.2) is 0 Å². The lowest BCUT2D eigenvalue weighted by molar-refractivity contribution is 0.106. The molecule has 2 rings (SSSR count). The van der Waals surface area contributed by atoms with Gasteiger partial charge in [0.25, 0.3) is 11.7 Å². The van der Waals surface area contributed by atoms with Crippen LogP contribution in [-0.4, -0.2) is 5.24 Å². The fourth-order valence-electron chi connectivity index (χ4n) is 1.70. The van der Waals surface area contributed by atoms with Gasteiger partial charge in [-0.25, -0.2) is 8.78 Å². The number of halogens is 3. The normalized spacial score (nSPS) is 11.0. The van der Waals surface area contributed by atoms with E-state index in [2.05, 4.69) is 0 Å². The van der Waals surface area contributed by atoms with Gasteiger partial charge in [-0.1, -0.05) is 30.3 Å². The molecule has 0 bridgehead atoms. The summed E-state index contributed by atoms with van der Waals surface area (Å²) in [5, 5.41) is 0.171. The molecule has 1 nitrogen and oxygen atoms in total. The highest BCUT2D eigenvalue weighted by Crippen LogP contribution is 2.31. The number of benzene rings is 2. The van der Waals surface area contributed by atoms with Crippen molar-refractivity contribution < 1.29 is 13.6 Å². The van der Waals surface area contributed by atoms with Crippen molar-refractivity contribution in [1.29, 1.82) is 0 Å². The topological polar surface area (TPSA) is 17.1 Å². The molecular weight excluding hydrogens is 234 g/mol. The first-order valence-electron chi connectivity index (χ1n) is 4.61. The molecule has 0 N–H and O–H groups in total. The second kappa shape index (κ2) is 4.18. The molecule has 0 radical (unpaired) electrons. The highest BCUT2D eigenvalue weighted by Gasteiger charge is 2.19. The molecule has 0 fully saturated rings. The Balaban J connectivity index is 2.84. The Morgan fingerprint density at radius 1 is 1.12 bits per heavy atom. The lowest BCUT2D eigenvalue weighted by Crippen LogP contribution is -1.99. The molecule has 0 aromatic heterocycles. The SMILES string of the molecule is O=C(Cl)c1ccc2ccccc2c1C(F)F. The van der Waals surface area contributed by atoms with Crippen molar-refractivity contribution in [2.45, 2.75) is 6.43 Å². The Morgan fingerprint density at radius 3 is 2.44 bits per heavy atom. The fourth-order valence-corrected chi connectivity index (χ4v) is 1.87. The van der Waals surface area contributed by atoms with Gasteiger partial charge < -0.3 is 0 Å². The Morgan fingerprint density at radius 2 is 1.81 bits per heavy atom. The number of alkyl halides is 2. The van der Waals surface area contributed by atoms with E-state index in [0.717, 1.165) is 0 Å². The second-order valence-electron chi connectivity index (χ2n) is 3.32. The quantitative estimate of drug-likeness (QED) is 0.721. The van der Waals surface area contributed by atoms with Crippen LogP contribution in [0.5, 0.6) is 0 Å². The molecule has 2 aromatic rings. The van der Waals surface area contributed by atoms with Gasteiger partial charge in [0.2, 0.25) is 0 Å².